The van der Waals surface area contributed by atoms with Crippen molar-refractivity contribution in [2.24, 2.45) is 0 Å². The molecule has 11 heteroatoms. The van der Waals surface area contributed by atoms with Crippen molar-refractivity contribution < 1.29 is 32.6 Å². The molecule has 0 radical (unpaired) electrons. The minimum absolute atomic E-state index is 0.128. The topological polar surface area (TPSA) is 99.7 Å². The number of nitrogens with one attached hydrogen (secondary N) is 3. The van der Waals surface area contributed by atoms with E-state index in [0.29, 0.717) is 10.6 Å². The summed E-state index contributed by atoms with van der Waals surface area (Å²) < 4.78 is 37.3. The van der Waals surface area contributed by atoms with Crippen LogP contribution < -0.4 is 20.7 Å². The molecule has 2 aromatic rings. The first-order valence-corrected chi connectivity index (χ1v) is 11.8. The molecule has 1 aromatic heterocycles. The summed E-state index contributed by atoms with van der Waals surface area (Å²) in [5.41, 5.74) is 5.64. The lowest BCUT2D eigenvalue weighted by Crippen LogP contribution is -2.21. The zero-order valence-corrected chi connectivity index (χ0v) is 19.8. The van der Waals surface area contributed by atoms with Crippen LogP contribution in [0.4, 0.5) is 18.9 Å². The fourth-order valence-electron chi connectivity index (χ4n) is 3.64. The van der Waals surface area contributed by atoms with Gasteiger partial charge >= 0.3 is 12.1 Å². The number of hydrogen-bond acceptors (Lipinski definition) is 6. The van der Waals surface area contributed by atoms with Crippen LogP contribution in [0.3, 0.4) is 0 Å². The molecule has 0 unspecified atom stereocenters. The van der Waals surface area contributed by atoms with Gasteiger partial charge in [-0.15, -0.1) is 11.3 Å². The first-order valence-electron chi connectivity index (χ1n) is 10.9. The average molecular weight is 510 g/mol. The third-order valence-electron chi connectivity index (χ3n) is 5.39. The van der Waals surface area contributed by atoms with Gasteiger partial charge in [0.2, 0.25) is 0 Å². The second kappa shape index (κ2) is 12.0. The van der Waals surface area contributed by atoms with Crippen molar-refractivity contribution >= 4 is 40.0 Å². The largest absolute Gasteiger partial charge is 0.494 e. The maximum Gasteiger partial charge on any atom is 0.490 e. The summed E-state index contributed by atoms with van der Waals surface area (Å²) in [6, 6.07) is 8.08. The summed E-state index contributed by atoms with van der Waals surface area (Å²) in [7, 11) is 1.63. The van der Waals surface area contributed by atoms with Crippen LogP contribution in [0.5, 0.6) is 5.75 Å². The van der Waals surface area contributed by atoms with E-state index in [-0.39, 0.29) is 5.91 Å². The molecule has 1 aromatic carbocycles. The second-order valence-corrected chi connectivity index (χ2v) is 8.59. The first-order chi connectivity index (χ1) is 16.7. The predicted molar refractivity (Wildman–Crippen MR) is 130 cm³/mol. The Balaban J connectivity index is 0.000000429. The van der Waals surface area contributed by atoms with Crippen LogP contribution in [-0.2, 0) is 4.79 Å². The van der Waals surface area contributed by atoms with Crippen LogP contribution in [0, 0.1) is 0 Å². The molecule has 35 heavy (non-hydrogen) atoms. The molecule has 1 amide bonds. The molecule has 2 aliphatic rings. The van der Waals surface area contributed by atoms with Gasteiger partial charge in [0.05, 0.1) is 7.11 Å². The molecule has 2 aliphatic heterocycles. The highest BCUT2D eigenvalue weighted by atomic mass is 32.1. The van der Waals surface area contributed by atoms with Crippen molar-refractivity contribution in [2.75, 3.05) is 38.6 Å². The molecular weight excluding hydrogens is 483 g/mol. The Morgan fingerprint density at radius 2 is 1.60 bits per heavy atom. The highest BCUT2D eigenvalue weighted by Crippen LogP contribution is 2.37. The number of alkyl halides is 3. The summed E-state index contributed by atoms with van der Waals surface area (Å²) in [5, 5.41) is 18.8. The fraction of sp³-hybridized carbons (Fsp3) is 0.333. The number of ether oxygens (including phenoxy) is 1. The van der Waals surface area contributed by atoms with Crippen molar-refractivity contribution in [1.29, 1.82) is 0 Å². The average Bonchev–Trinajstić information content (AvgIpc) is 3.30. The number of thiophene rings is 1. The molecule has 188 valence electrons. The lowest BCUT2D eigenvalue weighted by Gasteiger charge is -2.15. The quantitative estimate of drug-likeness (QED) is 0.477. The minimum atomic E-state index is -5.08. The number of halogens is 3. The second-order valence-electron chi connectivity index (χ2n) is 7.71. The Hall–Kier alpha value is -3.15. The standard InChI is InChI=1S/C22H25N3O2S.C2HF3O2/c1-27-20-19(17-8-12-24-13-9-17)14-28-21(20)22(26)25-18-4-2-15(3-5-18)16-6-10-23-11-7-16;3-2(4,5)1(6)7/h2-6,8,14,23-24H,7,9-13H2,1H3,(H,25,26);(H,6,7). The number of hydrogen-bond donors (Lipinski definition) is 4. The van der Waals surface area contributed by atoms with E-state index in [1.54, 1.807) is 7.11 Å². The molecule has 0 saturated carbocycles. The van der Waals surface area contributed by atoms with Crippen molar-refractivity contribution in [3.63, 3.8) is 0 Å². The Morgan fingerprint density at radius 1 is 1.03 bits per heavy atom. The smallest absolute Gasteiger partial charge is 0.490 e. The van der Waals surface area contributed by atoms with Crippen LogP contribution in [-0.4, -0.2) is 56.4 Å². The van der Waals surface area contributed by atoms with Gasteiger partial charge in [0.1, 0.15) is 10.6 Å². The summed E-state index contributed by atoms with van der Waals surface area (Å²) in [6.07, 6.45) is 1.29. The van der Waals surface area contributed by atoms with E-state index in [4.69, 9.17) is 14.6 Å². The lowest BCUT2D eigenvalue weighted by molar-refractivity contribution is -0.192. The number of amides is 1. The van der Waals surface area contributed by atoms with E-state index >= 15 is 0 Å². The Morgan fingerprint density at radius 3 is 2.09 bits per heavy atom. The molecule has 0 atom stereocenters. The Kier molecular flexibility index (Phi) is 9.07. The number of anilines is 1. The SMILES string of the molecule is COc1c(C2=CCNCC2)csc1C(=O)Nc1ccc(C2=CCNCC2)cc1.O=C(O)C(F)(F)F. The molecule has 4 N–H and O–H groups in total. The zero-order valence-electron chi connectivity index (χ0n) is 19.0. The van der Waals surface area contributed by atoms with E-state index < -0.39 is 12.1 Å². The van der Waals surface area contributed by atoms with Gasteiger partial charge < -0.3 is 25.8 Å². The van der Waals surface area contributed by atoms with Gasteiger partial charge in [-0.2, -0.15) is 13.2 Å². The molecule has 0 saturated heterocycles. The van der Waals surface area contributed by atoms with Gasteiger partial charge in [0.25, 0.3) is 5.91 Å². The third kappa shape index (κ3) is 7.17. The van der Waals surface area contributed by atoms with Gasteiger partial charge in [-0.25, -0.2) is 4.79 Å². The molecule has 4 rings (SSSR count). The van der Waals surface area contributed by atoms with E-state index in [2.05, 4.69) is 40.2 Å². The number of benzene rings is 1. The maximum absolute atomic E-state index is 12.8. The Bertz CT molecular complexity index is 1110. The van der Waals surface area contributed by atoms with E-state index in [0.717, 1.165) is 50.3 Å². The van der Waals surface area contributed by atoms with Gasteiger partial charge in [-0.3, -0.25) is 4.79 Å². The summed E-state index contributed by atoms with van der Waals surface area (Å²) in [5.74, 6) is -2.21. The van der Waals surface area contributed by atoms with E-state index in [9.17, 15) is 18.0 Å². The number of methoxy groups -OCH3 is 1. The lowest BCUT2D eigenvalue weighted by atomic mass is 10.00. The monoisotopic (exact) mass is 509 g/mol. The van der Waals surface area contributed by atoms with Crippen LogP contribution in [0.15, 0.2) is 41.8 Å². The molecule has 0 spiro atoms. The predicted octanol–water partition coefficient (Wildman–Crippen LogP) is 4.40. The number of rotatable bonds is 5. The third-order valence-corrected chi connectivity index (χ3v) is 6.35. The number of aliphatic carboxylic acids is 1. The van der Waals surface area contributed by atoms with Gasteiger partial charge in [-0.1, -0.05) is 24.3 Å². The first kappa shape index (κ1) is 26.5. The molecule has 7 nitrogen and oxygen atoms in total. The fourth-order valence-corrected chi connectivity index (χ4v) is 4.59. The summed E-state index contributed by atoms with van der Waals surface area (Å²) in [6.45, 7) is 3.73. The van der Waals surface area contributed by atoms with Gasteiger partial charge in [0.15, 0.2) is 0 Å². The summed E-state index contributed by atoms with van der Waals surface area (Å²) >= 11 is 1.43. The highest BCUT2D eigenvalue weighted by Gasteiger charge is 2.38. The molecular formula is C24H26F3N3O4S. The van der Waals surface area contributed by atoms with E-state index in [1.165, 1.54) is 28.0 Å². The normalized spacial score (nSPS) is 15.8. The summed E-state index contributed by atoms with van der Waals surface area (Å²) in [4.78, 5) is 22.4. The van der Waals surface area contributed by atoms with Crippen LogP contribution in [0.25, 0.3) is 11.1 Å². The van der Waals surface area contributed by atoms with Crippen molar-refractivity contribution in [3.05, 3.63) is 57.8 Å². The molecule has 0 bridgehead atoms. The molecule has 0 aliphatic carbocycles. The van der Waals surface area contributed by atoms with Crippen LogP contribution in [0.1, 0.15) is 33.6 Å². The van der Waals surface area contributed by atoms with Crippen molar-refractivity contribution in [3.8, 4) is 5.75 Å². The zero-order chi connectivity index (χ0) is 25.4. The number of carboxylic acid groups (broad SMARTS) is 1. The van der Waals surface area contributed by atoms with Crippen LogP contribution in [0.2, 0.25) is 0 Å². The van der Waals surface area contributed by atoms with Gasteiger partial charge in [0, 0.05) is 29.7 Å². The van der Waals surface area contributed by atoms with Gasteiger partial charge in [-0.05, 0) is 54.8 Å². The van der Waals surface area contributed by atoms with E-state index in [1.807, 2.05) is 17.5 Å². The maximum atomic E-state index is 12.8. The number of carboxylic acids is 1. The number of carbonyl (C=O) groups excluding carboxylic acids is 1. The highest BCUT2D eigenvalue weighted by molar-refractivity contribution is 7.12. The van der Waals surface area contributed by atoms with Crippen LogP contribution >= 0.6 is 11.3 Å². The molecule has 3 heterocycles. The minimum Gasteiger partial charge on any atom is -0.494 e. The van der Waals surface area contributed by atoms with Crippen molar-refractivity contribution in [1.82, 2.24) is 10.6 Å². The molecule has 0 fully saturated rings. The Labute approximate surface area is 204 Å². The van der Waals surface area contributed by atoms with Crippen molar-refractivity contribution in [2.45, 2.75) is 19.0 Å². The number of carbonyl (C=O) groups is 2.